The topological polar surface area (TPSA) is 55.1 Å². The zero-order valence-corrected chi connectivity index (χ0v) is 13.3. The number of rotatable bonds is 6. The Hall–Kier alpha value is -1.35. The molecule has 1 aromatic rings. The SMILES string of the molecule is CCCCC(CC)C(N)c1ccc2c(c1)C(=O)NCCC2. The predicted molar refractivity (Wildman–Crippen MR) is 87.3 cm³/mol. The number of carbonyl (C=O) groups is 1. The molecule has 0 saturated carbocycles. The average molecular weight is 288 g/mol. The smallest absolute Gasteiger partial charge is 0.251 e. The Bertz CT molecular complexity index is 484. The van der Waals surface area contributed by atoms with Gasteiger partial charge in [-0.05, 0) is 42.4 Å². The van der Waals surface area contributed by atoms with E-state index in [2.05, 4.69) is 31.3 Å². The summed E-state index contributed by atoms with van der Waals surface area (Å²) >= 11 is 0. The minimum atomic E-state index is 0.0305. The van der Waals surface area contributed by atoms with E-state index in [0.29, 0.717) is 5.92 Å². The minimum absolute atomic E-state index is 0.0305. The lowest BCUT2D eigenvalue weighted by Crippen LogP contribution is -2.24. The van der Waals surface area contributed by atoms with Crippen LogP contribution in [0.25, 0.3) is 0 Å². The van der Waals surface area contributed by atoms with Crippen LogP contribution in [0.2, 0.25) is 0 Å². The van der Waals surface area contributed by atoms with Gasteiger partial charge in [0.15, 0.2) is 0 Å². The van der Waals surface area contributed by atoms with E-state index in [0.717, 1.165) is 48.9 Å². The van der Waals surface area contributed by atoms with E-state index in [1.807, 2.05) is 6.07 Å². The second kappa shape index (κ2) is 7.60. The number of benzene rings is 1. The van der Waals surface area contributed by atoms with Crippen molar-refractivity contribution in [3.63, 3.8) is 0 Å². The van der Waals surface area contributed by atoms with Crippen LogP contribution in [-0.2, 0) is 6.42 Å². The van der Waals surface area contributed by atoms with Crippen molar-refractivity contribution < 1.29 is 4.79 Å². The number of unbranched alkanes of at least 4 members (excludes halogenated alkanes) is 1. The lowest BCUT2D eigenvalue weighted by atomic mass is 9.86. The van der Waals surface area contributed by atoms with Crippen LogP contribution in [0.1, 0.15) is 73.5 Å². The largest absolute Gasteiger partial charge is 0.352 e. The van der Waals surface area contributed by atoms with Gasteiger partial charge in [-0.15, -0.1) is 0 Å². The number of aryl methyl sites for hydroxylation is 1. The first-order valence-corrected chi connectivity index (χ1v) is 8.34. The monoisotopic (exact) mass is 288 g/mol. The molecule has 0 aromatic heterocycles. The van der Waals surface area contributed by atoms with Crippen LogP contribution in [-0.4, -0.2) is 12.5 Å². The number of nitrogens with one attached hydrogen (secondary N) is 1. The molecule has 3 nitrogen and oxygen atoms in total. The van der Waals surface area contributed by atoms with Crippen molar-refractivity contribution in [1.29, 1.82) is 0 Å². The van der Waals surface area contributed by atoms with E-state index >= 15 is 0 Å². The van der Waals surface area contributed by atoms with Crippen molar-refractivity contribution in [2.75, 3.05) is 6.54 Å². The van der Waals surface area contributed by atoms with Crippen molar-refractivity contribution in [1.82, 2.24) is 5.32 Å². The summed E-state index contributed by atoms with van der Waals surface area (Å²) in [5.74, 6) is 0.551. The zero-order chi connectivity index (χ0) is 15.2. The summed E-state index contributed by atoms with van der Waals surface area (Å²) in [5.41, 5.74) is 9.56. The van der Waals surface area contributed by atoms with Gasteiger partial charge in [0.25, 0.3) is 5.91 Å². The fourth-order valence-corrected chi connectivity index (χ4v) is 3.18. The standard InChI is InChI=1S/C18H28N2O/c1-3-5-7-13(4-2)17(19)15-10-9-14-8-6-11-20-18(21)16(14)12-15/h9-10,12-13,17H,3-8,11,19H2,1-2H3,(H,20,21). The molecule has 21 heavy (non-hydrogen) atoms. The van der Waals surface area contributed by atoms with E-state index in [4.69, 9.17) is 5.73 Å². The number of carbonyl (C=O) groups excluding carboxylic acids is 1. The molecule has 0 spiro atoms. The van der Waals surface area contributed by atoms with E-state index in [-0.39, 0.29) is 11.9 Å². The lowest BCUT2D eigenvalue weighted by molar-refractivity contribution is 0.0956. The molecule has 2 rings (SSSR count). The third-order valence-electron chi connectivity index (χ3n) is 4.63. The van der Waals surface area contributed by atoms with Crippen LogP contribution >= 0.6 is 0 Å². The van der Waals surface area contributed by atoms with Gasteiger partial charge in [-0.2, -0.15) is 0 Å². The van der Waals surface area contributed by atoms with E-state index in [9.17, 15) is 4.79 Å². The molecule has 0 saturated heterocycles. The van der Waals surface area contributed by atoms with Gasteiger partial charge in [0.2, 0.25) is 0 Å². The molecule has 1 aromatic carbocycles. The molecule has 0 fully saturated rings. The van der Waals surface area contributed by atoms with Crippen molar-refractivity contribution in [2.24, 2.45) is 11.7 Å². The van der Waals surface area contributed by atoms with Crippen LogP contribution in [0.15, 0.2) is 18.2 Å². The summed E-state index contributed by atoms with van der Waals surface area (Å²) in [6, 6.07) is 6.27. The summed E-state index contributed by atoms with van der Waals surface area (Å²) < 4.78 is 0. The molecule has 1 aliphatic rings. The molecule has 3 heteroatoms. The third-order valence-corrected chi connectivity index (χ3v) is 4.63. The molecular formula is C18H28N2O. The van der Waals surface area contributed by atoms with E-state index in [1.54, 1.807) is 0 Å². The Morgan fingerprint density at radius 1 is 1.33 bits per heavy atom. The predicted octanol–water partition coefficient (Wildman–Crippen LogP) is 3.58. The van der Waals surface area contributed by atoms with Gasteiger partial charge in [0, 0.05) is 18.2 Å². The van der Waals surface area contributed by atoms with Crippen molar-refractivity contribution in [3.05, 3.63) is 34.9 Å². The van der Waals surface area contributed by atoms with Crippen molar-refractivity contribution in [3.8, 4) is 0 Å². The molecule has 0 radical (unpaired) electrons. The highest BCUT2D eigenvalue weighted by molar-refractivity contribution is 5.96. The summed E-state index contributed by atoms with van der Waals surface area (Å²) in [6.45, 7) is 5.18. The van der Waals surface area contributed by atoms with Gasteiger partial charge in [0.1, 0.15) is 0 Å². The highest BCUT2D eigenvalue weighted by Crippen LogP contribution is 2.29. The summed E-state index contributed by atoms with van der Waals surface area (Å²) in [4.78, 5) is 12.1. The number of hydrogen-bond acceptors (Lipinski definition) is 2. The second-order valence-corrected chi connectivity index (χ2v) is 6.11. The van der Waals surface area contributed by atoms with E-state index < -0.39 is 0 Å². The van der Waals surface area contributed by atoms with Gasteiger partial charge in [-0.25, -0.2) is 0 Å². The van der Waals surface area contributed by atoms with Crippen LogP contribution < -0.4 is 11.1 Å². The maximum atomic E-state index is 12.1. The molecule has 3 N–H and O–H groups in total. The molecule has 1 aliphatic heterocycles. The zero-order valence-electron chi connectivity index (χ0n) is 13.3. The molecule has 0 bridgehead atoms. The van der Waals surface area contributed by atoms with Gasteiger partial charge in [-0.3, -0.25) is 4.79 Å². The summed E-state index contributed by atoms with van der Waals surface area (Å²) in [6.07, 6.45) is 6.66. The molecule has 2 atom stereocenters. The van der Waals surface area contributed by atoms with Crippen molar-refractivity contribution in [2.45, 2.75) is 58.4 Å². The van der Waals surface area contributed by atoms with Crippen LogP contribution in [0.3, 0.4) is 0 Å². The first-order valence-electron chi connectivity index (χ1n) is 8.34. The molecule has 2 unspecified atom stereocenters. The van der Waals surface area contributed by atoms with Gasteiger partial charge in [-0.1, -0.05) is 45.2 Å². The number of hydrogen-bond donors (Lipinski definition) is 2. The highest BCUT2D eigenvalue weighted by atomic mass is 16.1. The molecule has 1 heterocycles. The summed E-state index contributed by atoms with van der Waals surface area (Å²) in [5, 5.41) is 2.96. The first kappa shape index (κ1) is 16.0. The quantitative estimate of drug-likeness (QED) is 0.840. The van der Waals surface area contributed by atoms with Crippen LogP contribution in [0, 0.1) is 5.92 Å². The molecular weight excluding hydrogens is 260 g/mol. The maximum absolute atomic E-state index is 12.1. The highest BCUT2D eigenvalue weighted by Gasteiger charge is 2.21. The van der Waals surface area contributed by atoms with Gasteiger partial charge < -0.3 is 11.1 Å². The Labute approximate surface area is 128 Å². The molecule has 116 valence electrons. The normalized spacial score (nSPS) is 17.6. The first-order chi connectivity index (χ1) is 10.2. The lowest BCUT2D eigenvalue weighted by Gasteiger charge is -2.23. The van der Waals surface area contributed by atoms with Crippen molar-refractivity contribution >= 4 is 5.91 Å². The minimum Gasteiger partial charge on any atom is -0.352 e. The number of nitrogens with two attached hydrogens (primary N) is 1. The van der Waals surface area contributed by atoms with E-state index in [1.165, 1.54) is 12.8 Å². The second-order valence-electron chi connectivity index (χ2n) is 6.11. The summed E-state index contributed by atoms with van der Waals surface area (Å²) in [7, 11) is 0. The fraction of sp³-hybridized carbons (Fsp3) is 0.611. The fourth-order valence-electron chi connectivity index (χ4n) is 3.18. The Balaban J connectivity index is 2.21. The Morgan fingerprint density at radius 2 is 2.14 bits per heavy atom. The number of fused-ring (bicyclic) bond motifs is 1. The Morgan fingerprint density at radius 3 is 2.86 bits per heavy atom. The van der Waals surface area contributed by atoms with Crippen LogP contribution in [0.5, 0.6) is 0 Å². The average Bonchev–Trinajstić information content (AvgIpc) is 2.69. The van der Waals surface area contributed by atoms with Gasteiger partial charge in [0.05, 0.1) is 0 Å². The number of amides is 1. The maximum Gasteiger partial charge on any atom is 0.251 e. The Kier molecular flexibility index (Phi) is 5.80. The molecule has 0 aliphatic carbocycles. The van der Waals surface area contributed by atoms with Gasteiger partial charge >= 0.3 is 0 Å². The third kappa shape index (κ3) is 3.85. The molecule has 1 amide bonds. The van der Waals surface area contributed by atoms with Crippen LogP contribution in [0.4, 0.5) is 0 Å².